The minimum Gasteiger partial charge on any atom is -0.480 e. The Bertz CT molecular complexity index is 406. The minimum atomic E-state index is -1.04. The highest BCUT2D eigenvalue weighted by atomic mass is 16.4. The number of carboxylic acid groups (broad SMARTS) is 1. The van der Waals surface area contributed by atoms with Crippen molar-refractivity contribution in [3.05, 3.63) is 30.3 Å². The Morgan fingerprint density at radius 2 is 1.94 bits per heavy atom. The van der Waals surface area contributed by atoms with Crippen molar-refractivity contribution in [3.63, 3.8) is 0 Å². The molecule has 0 saturated heterocycles. The number of benzene rings is 1. The van der Waals surface area contributed by atoms with Gasteiger partial charge in [-0.25, -0.2) is 4.79 Å². The molecule has 5 nitrogen and oxygen atoms in total. The molecule has 0 bridgehead atoms. The number of carboxylic acids is 1. The molecule has 1 rings (SSSR count). The van der Waals surface area contributed by atoms with Crippen LogP contribution >= 0.6 is 0 Å². The molecule has 1 aromatic carbocycles. The number of amides is 2. The molecule has 0 fully saturated rings. The maximum Gasteiger partial charge on any atom is 0.323 e. The van der Waals surface area contributed by atoms with Gasteiger partial charge >= 0.3 is 12.0 Å². The van der Waals surface area contributed by atoms with Crippen LogP contribution in [0.5, 0.6) is 0 Å². The smallest absolute Gasteiger partial charge is 0.323 e. The molecular weight excluding hydrogens is 232 g/mol. The zero-order valence-corrected chi connectivity index (χ0v) is 10.6. The van der Waals surface area contributed by atoms with Gasteiger partial charge in [0.25, 0.3) is 0 Å². The predicted octanol–water partition coefficient (Wildman–Crippen LogP) is 2.09. The third kappa shape index (κ3) is 4.08. The van der Waals surface area contributed by atoms with Gasteiger partial charge in [-0.3, -0.25) is 9.69 Å². The second-order valence-corrected chi connectivity index (χ2v) is 4.07. The van der Waals surface area contributed by atoms with E-state index in [1.54, 1.807) is 24.3 Å². The molecule has 0 heterocycles. The van der Waals surface area contributed by atoms with Crippen LogP contribution in [-0.4, -0.2) is 29.7 Å². The summed E-state index contributed by atoms with van der Waals surface area (Å²) in [6.45, 7) is 3.48. The number of nitrogens with one attached hydrogen (secondary N) is 1. The maximum atomic E-state index is 12.0. The van der Waals surface area contributed by atoms with Crippen molar-refractivity contribution in [2.75, 3.05) is 11.4 Å². The van der Waals surface area contributed by atoms with Crippen molar-refractivity contribution in [2.24, 2.45) is 0 Å². The Morgan fingerprint density at radius 3 is 2.44 bits per heavy atom. The van der Waals surface area contributed by atoms with E-state index in [1.165, 1.54) is 4.90 Å². The summed E-state index contributed by atoms with van der Waals surface area (Å²) in [5, 5.41) is 11.6. The molecule has 0 aromatic heterocycles. The van der Waals surface area contributed by atoms with E-state index in [4.69, 9.17) is 5.11 Å². The van der Waals surface area contributed by atoms with Crippen LogP contribution in [-0.2, 0) is 4.79 Å². The van der Waals surface area contributed by atoms with Gasteiger partial charge in [0.1, 0.15) is 6.54 Å². The topological polar surface area (TPSA) is 69.6 Å². The van der Waals surface area contributed by atoms with E-state index in [-0.39, 0.29) is 12.6 Å². The van der Waals surface area contributed by atoms with Crippen LogP contribution in [0.3, 0.4) is 0 Å². The molecule has 0 aliphatic carbocycles. The first-order chi connectivity index (χ1) is 8.54. The number of aliphatic carboxylic acids is 1. The minimum absolute atomic E-state index is 0.0116. The van der Waals surface area contributed by atoms with Crippen LogP contribution in [0.2, 0.25) is 0 Å². The van der Waals surface area contributed by atoms with E-state index < -0.39 is 12.0 Å². The Balaban J connectivity index is 2.85. The highest BCUT2D eigenvalue weighted by Gasteiger charge is 2.19. The first-order valence-corrected chi connectivity index (χ1v) is 5.89. The Kier molecular flexibility index (Phi) is 5.17. The van der Waals surface area contributed by atoms with Crippen molar-refractivity contribution in [3.8, 4) is 0 Å². The lowest BCUT2D eigenvalue weighted by atomic mass is 10.2. The Morgan fingerprint density at radius 1 is 1.33 bits per heavy atom. The van der Waals surface area contributed by atoms with Gasteiger partial charge in [-0.2, -0.15) is 0 Å². The fraction of sp³-hybridized carbons (Fsp3) is 0.385. The number of carbonyl (C=O) groups is 2. The molecule has 0 aliphatic heterocycles. The summed E-state index contributed by atoms with van der Waals surface area (Å²) >= 11 is 0. The van der Waals surface area contributed by atoms with Gasteiger partial charge in [0.2, 0.25) is 0 Å². The molecule has 1 atom stereocenters. The Labute approximate surface area is 106 Å². The van der Waals surface area contributed by atoms with Gasteiger partial charge in [0.05, 0.1) is 0 Å². The third-order valence-electron chi connectivity index (χ3n) is 2.59. The van der Waals surface area contributed by atoms with Crippen LogP contribution in [0, 0.1) is 0 Å². The number of rotatable bonds is 5. The quantitative estimate of drug-likeness (QED) is 0.840. The average molecular weight is 250 g/mol. The normalized spacial score (nSPS) is 11.7. The molecule has 0 aliphatic rings. The molecule has 0 radical (unpaired) electrons. The third-order valence-corrected chi connectivity index (χ3v) is 2.59. The number of hydrogen-bond donors (Lipinski definition) is 2. The molecule has 1 aromatic rings. The molecule has 2 N–H and O–H groups in total. The van der Waals surface area contributed by atoms with E-state index in [0.717, 1.165) is 6.42 Å². The van der Waals surface area contributed by atoms with Gasteiger partial charge < -0.3 is 10.4 Å². The number of urea groups is 1. The van der Waals surface area contributed by atoms with Crippen molar-refractivity contribution in [1.82, 2.24) is 5.32 Å². The largest absolute Gasteiger partial charge is 0.480 e. The average Bonchev–Trinajstić information content (AvgIpc) is 2.36. The standard InChI is InChI=1S/C13H18N2O3/c1-3-10(2)14-13(18)15(9-12(16)17)11-7-5-4-6-8-11/h4-8,10H,3,9H2,1-2H3,(H,14,18)(H,16,17). The van der Waals surface area contributed by atoms with E-state index in [9.17, 15) is 9.59 Å². The number of nitrogens with zero attached hydrogens (tertiary/aromatic N) is 1. The summed E-state index contributed by atoms with van der Waals surface area (Å²) in [4.78, 5) is 24.0. The number of anilines is 1. The summed E-state index contributed by atoms with van der Waals surface area (Å²) in [5.74, 6) is -1.04. The molecule has 1 unspecified atom stereocenters. The zero-order valence-electron chi connectivity index (χ0n) is 10.6. The second kappa shape index (κ2) is 6.64. The first kappa shape index (κ1) is 14.0. The molecular formula is C13H18N2O3. The Hall–Kier alpha value is -2.04. The van der Waals surface area contributed by atoms with E-state index in [2.05, 4.69) is 5.32 Å². The monoisotopic (exact) mass is 250 g/mol. The number of hydrogen-bond acceptors (Lipinski definition) is 2. The van der Waals surface area contributed by atoms with Gasteiger partial charge in [-0.05, 0) is 25.5 Å². The zero-order chi connectivity index (χ0) is 13.5. The molecule has 98 valence electrons. The second-order valence-electron chi connectivity index (χ2n) is 4.07. The molecule has 5 heteroatoms. The van der Waals surface area contributed by atoms with Crippen LogP contribution in [0.25, 0.3) is 0 Å². The lowest BCUT2D eigenvalue weighted by Crippen LogP contribution is -2.46. The summed E-state index contributed by atoms with van der Waals surface area (Å²) in [6.07, 6.45) is 0.793. The first-order valence-electron chi connectivity index (χ1n) is 5.89. The highest BCUT2D eigenvalue weighted by molar-refractivity contribution is 5.96. The highest BCUT2D eigenvalue weighted by Crippen LogP contribution is 2.13. The van der Waals surface area contributed by atoms with Gasteiger partial charge in [-0.1, -0.05) is 25.1 Å². The summed E-state index contributed by atoms with van der Waals surface area (Å²) in [5.41, 5.74) is 0.570. The maximum absolute atomic E-state index is 12.0. The summed E-state index contributed by atoms with van der Waals surface area (Å²) in [7, 11) is 0. The van der Waals surface area contributed by atoms with Gasteiger partial charge in [-0.15, -0.1) is 0 Å². The fourth-order valence-electron chi connectivity index (χ4n) is 1.41. The van der Waals surface area contributed by atoms with Crippen LogP contribution in [0.4, 0.5) is 10.5 Å². The van der Waals surface area contributed by atoms with Crippen molar-refractivity contribution < 1.29 is 14.7 Å². The number of para-hydroxylation sites is 1. The van der Waals surface area contributed by atoms with Gasteiger partial charge in [0.15, 0.2) is 0 Å². The fourth-order valence-corrected chi connectivity index (χ4v) is 1.41. The van der Waals surface area contributed by atoms with Crippen molar-refractivity contribution in [2.45, 2.75) is 26.3 Å². The van der Waals surface area contributed by atoms with E-state index in [1.807, 2.05) is 19.9 Å². The number of carbonyl (C=O) groups excluding carboxylic acids is 1. The van der Waals surface area contributed by atoms with Crippen LogP contribution < -0.4 is 10.2 Å². The lowest BCUT2D eigenvalue weighted by Gasteiger charge is -2.23. The van der Waals surface area contributed by atoms with Crippen molar-refractivity contribution in [1.29, 1.82) is 0 Å². The molecule has 0 saturated carbocycles. The lowest BCUT2D eigenvalue weighted by molar-refractivity contribution is -0.135. The molecule has 18 heavy (non-hydrogen) atoms. The van der Waals surface area contributed by atoms with E-state index in [0.29, 0.717) is 5.69 Å². The van der Waals surface area contributed by atoms with Crippen LogP contribution in [0.15, 0.2) is 30.3 Å². The SMILES string of the molecule is CCC(C)NC(=O)N(CC(=O)O)c1ccccc1. The van der Waals surface area contributed by atoms with Crippen molar-refractivity contribution >= 4 is 17.7 Å². The predicted molar refractivity (Wildman–Crippen MR) is 69.7 cm³/mol. The molecule has 0 spiro atoms. The van der Waals surface area contributed by atoms with E-state index >= 15 is 0 Å². The molecule has 2 amide bonds. The van der Waals surface area contributed by atoms with Crippen LogP contribution in [0.1, 0.15) is 20.3 Å². The van der Waals surface area contributed by atoms with Gasteiger partial charge in [0, 0.05) is 11.7 Å². The summed E-state index contributed by atoms with van der Waals surface area (Å²) in [6, 6.07) is 8.38. The summed E-state index contributed by atoms with van der Waals surface area (Å²) < 4.78 is 0.